The summed E-state index contributed by atoms with van der Waals surface area (Å²) in [5.41, 5.74) is 1.23. The zero-order valence-electron chi connectivity index (χ0n) is 16.6. The maximum Gasteiger partial charge on any atom is 0.338 e. The van der Waals surface area contributed by atoms with Crippen molar-refractivity contribution in [3.8, 4) is 5.75 Å². The smallest absolute Gasteiger partial charge is 0.338 e. The molecule has 0 aromatic heterocycles. The average Bonchev–Trinajstić information content (AvgIpc) is 3.56. The lowest BCUT2D eigenvalue weighted by Gasteiger charge is -2.09. The van der Waals surface area contributed by atoms with Crippen LogP contribution in [0, 0.1) is 10.1 Å². The Morgan fingerprint density at radius 3 is 2.53 bits per heavy atom. The molecule has 3 rings (SSSR count). The van der Waals surface area contributed by atoms with Crippen molar-refractivity contribution in [3.63, 3.8) is 0 Å². The second kappa shape index (κ2) is 9.73. The van der Waals surface area contributed by atoms with Crippen molar-refractivity contribution < 1.29 is 24.0 Å². The van der Waals surface area contributed by atoms with Crippen molar-refractivity contribution in [1.29, 1.82) is 0 Å². The maximum atomic E-state index is 12.2. The highest BCUT2D eigenvalue weighted by Gasteiger charge is 2.26. The zero-order valence-corrected chi connectivity index (χ0v) is 16.6. The fraction of sp³-hybridized carbons (Fsp3) is 0.333. The SMILES string of the molecule is COc1ccc(CCNC(=O)COC(=O)c2ccc(NC3CC3)c([N+](=O)[O-])c2)cc1. The highest BCUT2D eigenvalue weighted by molar-refractivity contribution is 5.93. The number of nitrogens with zero attached hydrogens (tertiary/aromatic N) is 1. The Balaban J connectivity index is 1.46. The van der Waals surface area contributed by atoms with Crippen LogP contribution >= 0.6 is 0 Å². The van der Waals surface area contributed by atoms with Crippen LogP contribution in [0.5, 0.6) is 5.75 Å². The standard InChI is InChI=1S/C21H23N3O6/c1-29-17-7-2-14(3-8-17)10-11-22-20(25)13-30-21(26)15-4-9-18(23-16-5-6-16)19(12-15)24(27)28/h2-4,7-9,12,16,23H,5-6,10-11,13H2,1H3,(H,22,25). The Morgan fingerprint density at radius 2 is 1.90 bits per heavy atom. The van der Waals surface area contributed by atoms with E-state index in [0.717, 1.165) is 30.2 Å². The van der Waals surface area contributed by atoms with Gasteiger partial charge in [0.1, 0.15) is 11.4 Å². The van der Waals surface area contributed by atoms with Crippen LogP contribution in [0.25, 0.3) is 0 Å². The number of nitro benzene ring substituents is 1. The summed E-state index contributed by atoms with van der Waals surface area (Å²) in [4.78, 5) is 34.8. The van der Waals surface area contributed by atoms with Crippen LogP contribution in [0.2, 0.25) is 0 Å². The van der Waals surface area contributed by atoms with E-state index in [4.69, 9.17) is 9.47 Å². The summed E-state index contributed by atoms with van der Waals surface area (Å²) in [5, 5.41) is 17.0. The molecule has 0 bridgehead atoms. The van der Waals surface area contributed by atoms with Crippen molar-refractivity contribution in [2.24, 2.45) is 0 Å². The number of carbonyl (C=O) groups excluding carboxylic acids is 2. The lowest BCUT2D eigenvalue weighted by molar-refractivity contribution is -0.384. The predicted molar refractivity (Wildman–Crippen MR) is 110 cm³/mol. The summed E-state index contributed by atoms with van der Waals surface area (Å²) >= 11 is 0. The molecule has 1 saturated carbocycles. The first-order valence-electron chi connectivity index (χ1n) is 9.58. The molecular formula is C21H23N3O6. The molecule has 1 aliphatic rings. The van der Waals surface area contributed by atoms with Crippen molar-refractivity contribution in [1.82, 2.24) is 5.32 Å². The summed E-state index contributed by atoms with van der Waals surface area (Å²) in [6.07, 6.45) is 2.55. The summed E-state index contributed by atoms with van der Waals surface area (Å²) < 4.78 is 10.1. The number of carbonyl (C=O) groups is 2. The molecule has 2 aromatic carbocycles. The summed E-state index contributed by atoms with van der Waals surface area (Å²) in [7, 11) is 1.59. The van der Waals surface area contributed by atoms with E-state index in [1.807, 2.05) is 24.3 Å². The molecule has 2 aromatic rings. The van der Waals surface area contributed by atoms with Crippen molar-refractivity contribution in [2.45, 2.75) is 25.3 Å². The van der Waals surface area contributed by atoms with E-state index in [1.54, 1.807) is 7.11 Å². The molecule has 0 saturated heterocycles. The first kappa shape index (κ1) is 21.1. The van der Waals surface area contributed by atoms with Crippen LogP contribution in [0.4, 0.5) is 11.4 Å². The lowest BCUT2D eigenvalue weighted by atomic mass is 10.1. The summed E-state index contributed by atoms with van der Waals surface area (Å²) in [6.45, 7) is -0.0764. The Morgan fingerprint density at radius 1 is 1.17 bits per heavy atom. The second-order valence-corrected chi connectivity index (χ2v) is 6.93. The molecule has 0 atom stereocenters. The van der Waals surface area contributed by atoms with Gasteiger partial charge in [-0.15, -0.1) is 0 Å². The molecule has 0 heterocycles. The largest absolute Gasteiger partial charge is 0.497 e. The fourth-order valence-corrected chi connectivity index (χ4v) is 2.78. The number of esters is 1. The number of hydrogen-bond donors (Lipinski definition) is 2. The van der Waals surface area contributed by atoms with Gasteiger partial charge < -0.3 is 20.1 Å². The van der Waals surface area contributed by atoms with Gasteiger partial charge in [-0.05, 0) is 49.1 Å². The van der Waals surface area contributed by atoms with Crippen LogP contribution < -0.4 is 15.4 Å². The molecule has 0 unspecified atom stereocenters. The molecule has 9 heteroatoms. The maximum absolute atomic E-state index is 12.2. The molecular weight excluding hydrogens is 390 g/mol. The van der Waals surface area contributed by atoms with Crippen molar-refractivity contribution in [3.05, 3.63) is 63.7 Å². The van der Waals surface area contributed by atoms with Gasteiger partial charge in [0.25, 0.3) is 11.6 Å². The van der Waals surface area contributed by atoms with E-state index >= 15 is 0 Å². The second-order valence-electron chi connectivity index (χ2n) is 6.93. The summed E-state index contributed by atoms with van der Waals surface area (Å²) in [6, 6.07) is 11.8. The molecule has 0 spiro atoms. The van der Waals surface area contributed by atoms with E-state index in [9.17, 15) is 19.7 Å². The molecule has 158 valence electrons. The topological polar surface area (TPSA) is 120 Å². The van der Waals surface area contributed by atoms with E-state index < -0.39 is 23.4 Å². The number of methoxy groups -OCH3 is 1. The van der Waals surface area contributed by atoms with E-state index in [0.29, 0.717) is 18.7 Å². The quantitative estimate of drug-likeness (QED) is 0.349. The van der Waals surface area contributed by atoms with Gasteiger partial charge in [0.05, 0.1) is 17.6 Å². The number of anilines is 1. The normalized spacial score (nSPS) is 12.7. The van der Waals surface area contributed by atoms with Gasteiger partial charge in [-0.25, -0.2) is 4.79 Å². The molecule has 1 fully saturated rings. The van der Waals surface area contributed by atoms with Gasteiger partial charge >= 0.3 is 5.97 Å². The highest BCUT2D eigenvalue weighted by atomic mass is 16.6. The number of ether oxygens (including phenoxy) is 2. The van der Waals surface area contributed by atoms with Gasteiger partial charge in [-0.1, -0.05) is 12.1 Å². The molecule has 1 amide bonds. The number of benzene rings is 2. The highest BCUT2D eigenvalue weighted by Crippen LogP contribution is 2.31. The number of nitro groups is 1. The zero-order chi connectivity index (χ0) is 21.5. The third kappa shape index (κ3) is 5.94. The fourth-order valence-electron chi connectivity index (χ4n) is 2.78. The van der Waals surface area contributed by atoms with Crippen LogP contribution in [0.1, 0.15) is 28.8 Å². The first-order chi connectivity index (χ1) is 14.5. The molecule has 0 aliphatic heterocycles. The third-order valence-electron chi connectivity index (χ3n) is 4.60. The van der Waals surface area contributed by atoms with E-state index in [1.165, 1.54) is 12.1 Å². The number of rotatable bonds is 10. The van der Waals surface area contributed by atoms with Gasteiger partial charge in [0.15, 0.2) is 6.61 Å². The van der Waals surface area contributed by atoms with Crippen LogP contribution in [-0.4, -0.2) is 43.1 Å². The van der Waals surface area contributed by atoms with Gasteiger partial charge in [-0.3, -0.25) is 14.9 Å². The number of amides is 1. The Labute approximate surface area is 173 Å². The average molecular weight is 413 g/mol. The van der Waals surface area contributed by atoms with Gasteiger partial charge in [0, 0.05) is 18.7 Å². The number of nitrogens with one attached hydrogen (secondary N) is 2. The first-order valence-corrected chi connectivity index (χ1v) is 9.58. The predicted octanol–water partition coefficient (Wildman–Crippen LogP) is 2.69. The minimum atomic E-state index is -0.790. The Hall–Kier alpha value is -3.62. The van der Waals surface area contributed by atoms with Crippen LogP contribution in [0.3, 0.4) is 0 Å². The lowest BCUT2D eigenvalue weighted by Crippen LogP contribution is -2.30. The third-order valence-corrected chi connectivity index (χ3v) is 4.60. The molecule has 30 heavy (non-hydrogen) atoms. The molecule has 2 N–H and O–H groups in total. The minimum absolute atomic E-state index is 0.0223. The molecule has 0 radical (unpaired) electrons. The van der Waals surface area contributed by atoms with Crippen molar-refractivity contribution >= 4 is 23.3 Å². The van der Waals surface area contributed by atoms with E-state index in [-0.39, 0.29) is 17.3 Å². The van der Waals surface area contributed by atoms with Crippen LogP contribution in [-0.2, 0) is 16.0 Å². The Bertz CT molecular complexity index is 925. The number of hydrogen-bond acceptors (Lipinski definition) is 7. The van der Waals surface area contributed by atoms with Crippen LogP contribution in [0.15, 0.2) is 42.5 Å². The molecule has 1 aliphatic carbocycles. The van der Waals surface area contributed by atoms with E-state index in [2.05, 4.69) is 10.6 Å². The monoisotopic (exact) mass is 413 g/mol. The minimum Gasteiger partial charge on any atom is -0.497 e. The van der Waals surface area contributed by atoms with Gasteiger partial charge in [0.2, 0.25) is 0 Å². The Kier molecular flexibility index (Phi) is 6.84. The molecule has 9 nitrogen and oxygen atoms in total. The van der Waals surface area contributed by atoms with Crippen molar-refractivity contribution in [2.75, 3.05) is 25.6 Å². The summed E-state index contributed by atoms with van der Waals surface area (Å²) in [5.74, 6) is -0.481. The van der Waals surface area contributed by atoms with Gasteiger partial charge in [-0.2, -0.15) is 0 Å².